The molecule has 1 atom stereocenters. The molecule has 2 fully saturated rings. The number of para-hydroxylation sites is 1. The molecule has 2 aliphatic rings. The lowest BCUT2D eigenvalue weighted by Gasteiger charge is -2.37. The summed E-state index contributed by atoms with van der Waals surface area (Å²) in [4.78, 5) is 31.3. The fourth-order valence-electron chi connectivity index (χ4n) is 3.83. The first-order chi connectivity index (χ1) is 12.7. The van der Waals surface area contributed by atoms with Crippen LogP contribution < -0.4 is 4.90 Å². The predicted octanol–water partition coefficient (Wildman–Crippen LogP) is 2.24. The second-order valence-corrected chi connectivity index (χ2v) is 7.64. The minimum atomic E-state index is -0.0515. The maximum absolute atomic E-state index is 12.8. The first-order valence-electron chi connectivity index (χ1n) is 9.12. The van der Waals surface area contributed by atoms with Crippen LogP contribution >= 0.6 is 11.3 Å². The molecule has 26 heavy (non-hydrogen) atoms. The Bertz CT molecular complexity index is 755. The van der Waals surface area contributed by atoms with Crippen LogP contribution in [0.4, 0.5) is 5.69 Å². The van der Waals surface area contributed by atoms with Crippen LogP contribution in [0.5, 0.6) is 0 Å². The van der Waals surface area contributed by atoms with Crippen molar-refractivity contribution in [1.82, 2.24) is 9.80 Å². The average Bonchev–Trinajstić information content (AvgIpc) is 3.32. The number of benzene rings is 1. The van der Waals surface area contributed by atoms with Gasteiger partial charge >= 0.3 is 0 Å². The zero-order chi connectivity index (χ0) is 17.9. The van der Waals surface area contributed by atoms with E-state index in [0.29, 0.717) is 19.5 Å². The number of nitrogens with zero attached hydrogens (tertiary/aromatic N) is 3. The SMILES string of the molecule is O=C(Cc1ccsc1)N1CCN(C2CCN(c3ccccc3)C2=O)CC1. The molecule has 5 nitrogen and oxygen atoms in total. The molecule has 2 aromatic rings. The number of rotatable bonds is 4. The zero-order valence-corrected chi connectivity index (χ0v) is 15.5. The Morgan fingerprint density at radius 1 is 1.04 bits per heavy atom. The van der Waals surface area contributed by atoms with Crippen LogP contribution in [0.15, 0.2) is 47.2 Å². The van der Waals surface area contributed by atoms with Gasteiger partial charge in [-0.05, 0) is 40.9 Å². The highest BCUT2D eigenvalue weighted by atomic mass is 32.1. The molecule has 3 heterocycles. The van der Waals surface area contributed by atoms with Crippen molar-refractivity contribution in [2.75, 3.05) is 37.6 Å². The molecule has 0 aliphatic carbocycles. The first-order valence-corrected chi connectivity index (χ1v) is 10.1. The van der Waals surface area contributed by atoms with E-state index in [4.69, 9.17) is 0 Å². The molecule has 0 spiro atoms. The van der Waals surface area contributed by atoms with E-state index >= 15 is 0 Å². The summed E-state index contributed by atoms with van der Waals surface area (Å²) in [6, 6.07) is 11.8. The molecule has 136 valence electrons. The first kappa shape index (κ1) is 17.2. The molecule has 0 saturated carbocycles. The number of carbonyl (C=O) groups is 2. The molecule has 1 aromatic carbocycles. The van der Waals surface area contributed by atoms with Gasteiger partial charge in [0.2, 0.25) is 11.8 Å². The number of thiophene rings is 1. The van der Waals surface area contributed by atoms with Gasteiger partial charge in [-0.15, -0.1) is 0 Å². The van der Waals surface area contributed by atoms with Crippen LogP contribution in [-0.2, 0) is 16.0 Å². The van der Waals surface area contributed by atoms with Crippen molar-refractivity contribution in [3.05, 3.63) is 52.7 Å². The number of amides is 2. The lowest BCUT2D eigenvalue weighted by molar-refractivity contribution is -0.133. The fraction of sp³-hybridized carbons (Fsp3) is 0.400. The van der Waals surface area contributed by atoms with Gasteiger partial charge in [-0.1, -0.05) is 18.2 Å². The second kappa shape index (κ2) is 7.60. The van der Waals surface area contributed by atoms with E-state index < -0.39 is 0 Å². The number of piperazine rings is 1. The maximum atomic E-state index is 12.8. The molecule has 0 N–H and O–H groups in total. The van der Waals surface area contributed by atoms with Gasteiger partial charge < -0.3 is 9.80 Å². The summed E-state index contributed by atoms with van der Waals surface area (Å²) >= 11 is 1.62. The Kier molecular flexibility index (Phi) is 5.04. The Morgan fingerprint density at radius 2 is 1.81 bits per heavy atom. The monoisotopic (exact) mass is 369 g/mol. The van der Waals surface area contributed by atoms with Crippen LogP contribution in [0.2, 0.25) is 0 Å². The smallest absolute Gasteiger partial charge is 0.244 e. The third kappa shape index (κ3) is 3.52. The molecular formula is C20H23N3O2S. The minimum Gasteiger partial charge on any atom is -0.340 e. The maximum Gasteiger partial charge on any atom is 0.244 e. The van der Waals surface area contributed by atoms with Gasteiger partial charge in [0.15, 0.2) is 0 Å². The average molecular weight is 369 g/mol. The van der Waals surface area contributed by atoms with Crippen molar-refractivity contribution in [3.63, 3.8) is 0 Å². The van der Waals surface area contributed by atoms with Crippen LogP contribution in [0.3, 0.4) is 0 Å². The van der Waals surface area contributed by atoms with E-state index in [9.17, 15) is 9.59 Å². The van der Waals surface area contributed by atoms with Gasteiger partial charge in [-0.3, -0.25) is 14.5 Å². The van der Waals surface area contributed by atoms with Gasteiger partial charge in [0, 0.05) is 38.4 Å². The molecule has 2 aliphatic heterocycles. The molecular weight excluding hydrogens is 346 g/mol. The van der Waals surface area contributed by atoms with Gasteiger partial charge in [0.05, 0.1) is 12.5 Å². The van der Waals surface area contributed by atoms with Crippen molar-refractivity contribution in [1.29, 1.82) is 0 Å². The van der Waals surface area contributed by atoms with Crippen LogP contribution in [0, 0.1) is 0 Å². The van der Waals surface area contributed by atoms with Crippen molar-refractivity contribution in [2.24, 2.45) is 0 Å². The van der Waals surface area contributed by atoms with E-state index in [-0.39, 0.29) is 17.9 Å². The van der Waals surface area contributed by atoms with Gasteiger partial charge in [0.25, 0.3) is 0 Å². The topological polar surface area (TPSA) is 43.9 Å². The Labute approximate surface area is 157 Å². The predicted molar refractivity (Wildman–Crippen MR) is 103 cm³/mol. The van der Waals surface area contributed by atoms with Gasteiger partial charge in [-0.25, -0.2) is 0 Å². The van der Waals surface area contributed by atoms with Crippen LogP contribution in [0.25, 0.3) is 0 Å². The molecule has 0 radical (unpaired) electrons. The van der Waals surface area contributed by atoms with E-state index in [1.807, 2.05) is 57.0 Å². The highest BCUT2D eigenvalue weighted by Gasteiger charge is 2.38. The Balaban J connectivity index is 1.32. The molecule has 4 rings (SSSR count). The largest absolute Gasteiger partial charge is 0.340 e. The van der Waals surface area contributed by atoms with E-state index in [2.05, 4.69) is 4.90 Å². The summed E-state index contributed by atoms with van der Waals surface area (Å²) in [6.45, 7) is 3.73. The molecule has 1 unspecified atom stereocenters. The van der Waals surface area contributed by atoms with Crippen molar-refractivity contribution in [3.8, 4) is 0 Å². The summed E-state index contributed by atoms with van der Waals surface area (Å²) in [5.41, 5.74) is 2.07. The highest BCUT2D eigenvalue weighted by molar-refractivity contribution is 7.08. The van der Waals surface area contributed by atoms with E-state index in [1.54, 1.807) is 11.3 Å². The number of hydrogen-bond acceptors (Lipinski definition) is 4. The Hall–Kier alpha value is -2.18. The summed E-state index contributed by atoms with van der Waals surface area (Å²) in [6.07, 6.45) is 1.34. The van der Waals surface area contributed by atoms with E-state index in [0.717, 1.165) is 37.3 Å². The van der Waals surface area contributed by atoms with Crippen LogP contribution in [0.1, 0.15) is 12.0 Å². The lowest BCUT2D eigenvalue weighted by Crippen LogP contribution is -2.54. The summed E-state index contributed by atoms with van der Waals surface area (Å²) < 4.78 is 0. The molecule has 2 saturated heterocycles. The fourth-order valence-corrected chi connectivity index (χ4v) is 4.50. The second-order valence-electron chi connectivity index (χ2n) is 6.86. The highest BCUT2D eigenvalue weighted by Crippen LogP contribution is 2.25. The molecule has 2 amide bonds. The number of carbonyl (C=O) groups excluding carboxylic acids is 2. The lowest BCUT2D eigenvalue weighted by atomic mass is 10.1. The normalized spacial score (nSPS) is 21.4. The minimum absolute atomic E-state index is 0.0515. The van der Waals surface area contributed by atoms with Crippen molar-refractivity contribution < 1.29 is 9.59 Å². The number of hydrogen-bond donors (Lipinski definition) is 0. The number of anilines is 1. The third-order valence-electron chi connectivity index (χ3n) is 5.29. The summed E-state index contributed by atoms with van der Waals surface area (Å²) in [5, 5.41) is 4.04. The molecule has 6 heteroatoms. The Morgan fingerprint density at radius 3 is 2.50 bits per heavy atom. The van der Waals surface area contributed by atoms with Crippen molar-refractivity contribution >= 4 is 28.8 Å². The molecule has 1 aromatic heterocycles. The van der Waals surface area contributed by atoms with E-state index in [1.165, 1.54) is 0 Å². The van der Waals surface area contributed by atoms with Crippen molar-refractivity contribution in [2.45, 2.75) is 18.9 Å². The van der Waals surface area contributed by atoms with Crippen LogP contribution in [-0.4, -0.2) is 60.4 Å². The summed E-state index contributed by atoms with van der Waals surface area (Å²) in [7, 11) is 0. The quantitative estimate of drug-likeness (QED) is 0.830. The zero-order valence-electron chi connectivity index (χ0n) is 14.7. The van der Waals surface area contributed by atoms with Gasteiger partial charge in [-0.2, -0.15) is 11.3 Å². The molecule has 0 bridgehead atoms. The third-order valence-corrected chi connectivity index (χ3v) is 6.02. The van der Waals surface area contributed by atoms with Gasteiger partial charge in [0.1, 0.15) is 0 Å². The summed E-state index contributed by atoms with van der Waals surface area (Å²) in [5.74, 6) is 0.376. The standard InChI is InChI=1S/C20H23N3O2S/c24-19(14-16-7-13-26-15-16)22-11-9-21(10-12-22)18-6-8-23(20(18)25)17-4-2-1-3-5-17/h1-5,7,13,15,18H,6,8-12,14H2.